The Kier molecular flexibility index (Phi) is 5.82. The SMILES string of the molecule is COC(=O)[C@H](OC(=O)c1cnn2c(C(F)(F)F)cc(-c3ccccc3)nc12)c1ccccc1. The number of nitrogens with zero attached hydrogens (tertiary/aromatic N) is 3. The summed E-state index contributed by atoms with van der Waals surface area (Å²) in [4.78, 5) is 29.4. The second-order valence-corrected chi connectivity index (χ2v) is 6.90. The first-order chi connectivity index (χ1) is 15.8. The van der Waals surface area contributed by atoms with Crippen LogP contribution in [0, 0.1) is 0 Å². The van der Waals surface area contributed by atoms with Crippen LogP contribution in [0.3, 0.4) is 0 Å². The zero-order valence-electron chi connectivity index (χ0n) is 17.1. The Morgan fingerprint density at radius 3 is 2.24 bits per heavy atom. The number of rotatable bonds is 5. The van der Waals surface area contributed by atoms with Crippen molar-refractivity contribution in [2.45, 2.75) is 12.3 Å². The molecule has 1 atom stereocenters. The summed E-state index contributed by atoms with van der Waals surface area (Å²) in [6, 6.07) is 17.1. The maximum Gasteiger partial charge on any atom is 0.433 e. The van der Waals surface area contributed by atoms with E-state index in [1.807, 2.05) is 0 Å². The Morgan fingerprint density at radius 2 is 1.64 bits per heavy atom. The maximum absolute atomic E-state index is 13.7. The van der Waals surface area contributed by atoms with Crippen LogP contribution in [0.15, 0.2) is 72.9 Å². The molecule has 2 heterocycles. The predicted molar refractivity (Wildman–Crippen MR) is 110 cm³/mol. The van der Waals surface area contributed by atoms with Crippen LogP contribution in [0.1, 0.15) is 27.7 Å². The molecule has 0 amide bonds. The molecule has 7 nitrogen and oxygen atoms in total. The van der Waals surface area contributed by atoms with E-state index in [1.54, 1.807) is 60.7 Å². The van der Waals surface area contributed by atoms with Gasteiger partial charge in [0.1, 0.15) is 5.56 Å². The van der Waals surface area contributed by atoms with Gasteiger partial charge in [-0.3, -0.25) is 0 Å². The van der Waals surface area contributed by atoms with E-state index in [0.29, 0.717) is 15.6 Å². The average molecular weight is 455 g/mol. The minimum Gasteiger partial charge on any atom is -0.466 e. The number of hydrogen-bond donors (Lipinski definition) is 0. The third-order valence-corrected chi connectivity index (χ3v) is 4.79. The van der Waals surface area contributed by atoms with Crippen molar-refractivity contribution in [3.63, 3.8) is 0 Å². The van der Waals surface area contributed by atoms with Crippen molar-refractivity contribution in [3.05, 3.63) is 89.7 Å². The number of alkyl halides is 3. The highest BCUT2D eigenvalue weighted by atomic mass is 19.4. The van der Waals surface area contributed by atoms with Crippen molar-refractivity contribution < 1.29 is 32.2 Å². The highest BCUT2D eigenvalue weighted by molar-refractivity contribution is 5.97. The van der Waals surface area contributed by atoms with Gasteiger partial charge in [0.05, 0.1) is 19.0 Å². The quantitative estimate of drug-likeness (QED) is 0.413. The molecule has 0 aliphatic heterocycles. The standard InChI is InChI=1S/C23H16F3N3O4/c1-32-22(31)19(15-10-6-3-7-11-15)33-21(30)16-13-27-29-18(23(24,25)26)12-17(28-20(16)29)14-8-4-2-5-9-14/h2-13,19H,1H3/t19-/m1/s1. The Morgan fingerprint density at radius 1 is 1.00 bits per heavy atom. The summed E-state index contributed by atoms with van der Waals surface area (Å²) in [5, 5.41) is 3.70. The molecule has 0 spiro atoms. The number of esters is 2. The van der Waals surface area contributed by atoms with Crippen LogP contribution in [-0.4, -0.2) is 33.6 Å². The molecular formula is C23H16F3N3O4. The molecule has 0 aliphatic carbocycles. The number of ether oxygens (including phenoxy) is 2. The largest absolute Gasteiger partial charge is 0.466 e. The summed E-state index contributed by atoms with van der Waals surface area (Å²) in [6.45, 7) is 0. The van der Waals surface area contributed by atoms with Gasteiger partial charge in [0, 0.05) is 11.1 Å². The fourth-order valence-corrected chi connectivity index (χ4v) is 3.22. The minimum absolute atomic E-state index is 0.00227. The highest BCUT2D eigenvalue weighted by Crippen LogP contribution is 2.33. The van der Waals surface area contributed by atoms with Gasteiger partial charge >= 0.3 is 18.1 Å². The first-order valence-corrected chi connectivity index (χ1v) is 9.64. The summed E-state index contributed by atoms with van der Waals surface area (Å²) in [6.07, 6.45) is -5.26. The van der Waals surface area contributed by atoms with Crippen LogP contribution < -0.4 is 0 Å². The molecule has 10 heteroatoms. The molecule has 0 fully saturated rings. The van der Waals surface area contributed by atoms with E-state index < -0.39 is 29.9 Å². The van der Waals surface area contributed by atoms with Crippen molar-refractivity contribution in [2.24, 2.45) is 0 Å². The van der Waals surface area contributed by atoms with E-state index in [1.165, 1.54) is 0 Å². The van der Waals surface area contributed by atoms with Gasteiger partial charge in [-0.1, -0.05) is 60.7 Å². The van der Waals surface area contributed by atoms with E-state index in [-0.39, 0.29) is 16.9 Å². The van der Waals surface area contributed by atoms with E-state index in [0.717, 1.165) is 19.4 Å². The van der Waals surface area contributed by atoms with Crippen molar-refractivity contribution in [2.75, 3.05) is 7.11 Å². The van der Waals surface area contributed by atoms with Gasteiger partial charge in [-0.25, -0.2) is 19.1 Å². The first kappa shape index (κ1) is 22.0. The fourth-order valence-electron chi connectivity index (χ4n) is 3.22. The van der Waals surface area contributed by atoms with Gasteiger partial charge in [0.25, 0.3) is 0 Å². The summed E-state index contributed by atoms with van der Waals surface area (Å²) in [5.41, 5.74) is -1.05. The molecule has 168 valence electrons. The summed E-state index contributed by atoms with van der Waals surface area (Å²) in [7, 11) is 1.13. The van der Waals surface area contributed by atoms with E-state index >= 15 is 0 Å². The van der Waals surface area contributed by atoms with Crippen LogP contribution >= 0.6 is 0 Å². The van der Waals surface area contributed by atoms with E-state index in [2.05, 4.69) is 10.1 Å². The van der Waals surface area contributed by atoms with E-state index in [9.17, 15) is 22.8 Å². The van der Waals surface area contributed by atoms with Crippen molar-refractivity contribution >= 4 is 17.6 Å². The lowest BCUT2D eigenvalue weighted by Gasteiger charge is -2.16. The third-order valence-electron chi connectivity index (χ3n) is 4.79. The zero-order chi connectivity index (χ0) is 23.6. The van der Waals surface area contributed by atoms with Crippen molar-refractivity contribution in [1.82, 2.24) is 14.6 Å². The molecule has 0 unspecified atom stereocenters. The molecule has 2 aromatic heterocycles. The number of fused-ring (bicyclic) bond motifs is 1. The molecule has 4 aromatic rings. The molecule has 0 bridgehead atoms. The number of hydrogen-bond acceptors (Lipinski definition) is 6. The number of methoxy groups -OCH3 is 1. The molecule has 0 N–H and O–H groups in total. The number of aromatic nitrogens is 3. The molecule has 0 saturated heterocycles. The van der Waals surface area contributed by atoms with Gasteiger partial charge in [0.2, 0.25) is 6.10 Å². The Bertz CT molecular complexity index is 1310. The summed E-state index contributed by atoms with van der Waals surface area (Å²) < 4.78 is 51.8. The molecule has 4 rings (SSSR count). The normalized spacial score (nSPS) is 12.4. The predicted octanol–water partition coefficient (Wildman–Crippen LogP) is 4.49. The highest BCUT2D eigenvalue weighted by Gasteiger charge is 2.36. The lowest BCUT2D eigenvalue weighted by molar-refractivity contribution is -0.151. The fraction of sp³-hybridized carbons (Fsp3) is 0.130. The number of carbonyl (C=O) groups excluding carboxylic acids is 2. The second kappa shape index (κ2) is 8.73. The number of benzene rings is 2. The van der Waals surface area contributed by atoms with Crippen molar-refractivity contribution in [3.8, 4) is 11.3 Å². The Labute approximate surface area is 185 Å². The molecule has 0 aliphatic rings. The van der Waals surface area contributed by atoms with Gasteiger partial charge in [0.15, 0.2) is 11.3 Å². The van der Waals surface area contributed by atoms with Crippen LogP contribution in [-0.2, 0) is 20.4 Å². The lowest BCUT2D eigenvalue weighted by Crippen LogP contribution is -2.21. The molecule has 0 saturated carbocycles. The topological polar surface area (TPSA) is 82.8 Å². The second-order valence-electron chi connectivity index (χ2n) is 6.90. The molecule has 33 heavy (non-hydrogen) atoms. The van der Waals surface area contributed by atoms with Gasteiger partial charge in [-0.05, 0) is 6.07 Å². The van der Waals surface area contributed by atoms with Crippen LogP contribution in [0.25, 0.3) is 16.9 Å². The smallest absolute Gasteiger partial charge is 0.433 e. The average Bonchev–Trinajstić information content (AvgIpc) is 3.26. The third kappa shape index (κ3) is 4.40. The molecular weight excluding hydrogens is 439 g/mol. The maximum atomic E-state index is 13.7. The van der Waals surface area contributed by atoms with E-state index in [4.69, 9.17) is 9.47 Å². The summed E-state index contributed by atoms with van der Waals surface area (Å²) in [5.74, 6) is -1.92. The molecule has 0 radical (unpaired) electrons. The van der Waals surface area contributed by atoms with Gasteiger partial charge < -0.3 is 9.47 Å². The number of halogens is 3. The van der Waals surface area contributed by atoms with Crippen LogP contribution in [0.2, 0.25) is 0 Å². The van der Waals surface area contributed by atoms with Crippen molar-refractivity contribution in [1.29, 1.82) is 0 Å². The Hall–Kier alpha value is -4.21. The molecule has 2 aromatic carbocycles. The monoisotopic (exact) mass is 455 g/mol. The van der Waals surface area contributed by atoms with Gasteiger partial charge in [-0.2, -0.15) is 18.3 Å². The van der Waals surface area contributed by atoms with Crippen LogP contribution in [0.5, 0.6) is 0 Å². The first-order valence-electron chi connectivity index (χ1n) is 9.64. The summed E-state index contributed by atoms with van der Waals surface area (Å²) >= 11 is 0. The van der Waals surface area contributed by atoms with Crippen LogP contribution in [0.4, 0.5) is 13.2 Å². The Balaban J connectivity index is 1.80. The number of carbonyl (C=O) groups is 2. The lowest BCUT2D eigenvalue weighted by atomic mass is 10.1. The van der Waals surface area contributed by atoms with Gasteiger partial charge in [-0.15, -0.1) is 0 Å². The minimum atomic E-state index is -4.77. The zero-order valence-corrected chi connectivity index (χ0v) is 17.1.